The molecule has 0 bridgehead atoms. The summed E-state index contributed by atoms with van der Waals surface area (Å²) in [6.45, 7) is 4.61. The summed E-state index contributed by atoms with van der Waals surface area (Å²) < 4.78 is 10.5. The number of piperidine rings is 1. The molecule has 7 heteroatoms. The van der Waals surface area contributed by atoms with Crippen LogP contribution in [0, 0.1) is 0 Å². The summed E-state index contributed by atoms with van der Waals surface area (Å²) in [7, 11) is 1.76. The van der Waals surface area contributed by atoms with Crippen molar-refractivity contribution in [3.05, 3.63) is 0 Å². The highest BCUT2D eigenvalue weighted by Gasteiger charge is 2.25. The van der Waals surface area contributed by atoms with Crippen molar-refractivity contribution in [3.63, 3.8) is 0 Å². The largest absolute Gasteiger partial charge is 0.480 e. The highest BCUT2D eigenvalue weighted by molar-refractivity contribution is 5.74. The van der Waals surface area contributed by atoms with Crippen LogP contribution in [0.15, 0.2) is 0 Å². The van der Waals surface area contributed by atoms with E-state index in [1.165, 1.54) is 0 Å². The van der Waals surface area contributed by atoms with Gasteiger partial charge in [0, 0.05) is 33.3 Å². The second-order valence-corrected chi connectivity index (χ2v) is 4.79. The van der Waals surface area contributed by atoms with E-state index in [9.17, 15) is 9.59 Å². The molecule has 0 spiro atoms. The number of hydrogen-bond donors (Lipinski definition) is 1. The van der Waals surface area contributed by atoms with E-state index < -0.39 is 5.97 Å². The molecule has 1 aliphatic heterocycles. The maximum absolute atomic E-state index is 12.1. The van der Waals surface area contributed by atoms with Gasteiger partial charge in [-0.05, 0) is 19.8 Å². The van der Waals surface area contributed by atoms with Gasteiger partial charge in [-0.3, -0.25) is 0 Å². The zero-order chi connectivity index (χ0) is 15.0. The summed E-state index contributed by atoms with van der Waals surface area (Å²) in [6.07, 6.45) is 1.29. The molecule has 0 atom stereocenters. The number of urea groups is 1. The smallest absolute Gasteiger partial charge is 0.329 e. The SMILES string of the molecule is CCOCCN(C)C(=O)N1CCC(OCC(=O)O)CC1. The average molecular weight is 288 g/mol. The summed E-state index contributed by atoms with van der Waals surface area (Å²) in [6, 6.07) is -0.0126. The van der Waals surface area contributed by atoms with Gasteiger partial charge in [0.05, 0.1) is 12.7 Å². The van der Waals surface area contributed by atoms with Crippen LogP contribution in [0.2, 0.25) is 0 Å². The third-order valence-corrected chi connectivity index (χ3v) is 3.26. The number of nitrogens with zero attached hydrogens (tertiary/aromatic N) is 2. The molecular weight excluding hydrogens is 264 g/mol. The van der Waals surface area contributed by atoms with Crippen LogP contribution in [-0.2, 0) is 14.3 Å². The summed E-state index contributed by atoms with van der Waals surface area (Å²) in [5, 5.41) is 8.55. The van der Waals surface area contributed by atoms with Crippen molar-refractivity contribution in [1.29, 1.82) is 0 Å². The van der Waals surface area contributed by atoms with Gasteiger partial charge in [0.1, 0.15) is 6.61 Å². The monoisotopic (exact) mass is 288 g/mol. The normalized spacial score (nSPS) is 16.2. The molecule has 7 nitrogen and oxygen atoms in total. The molecule has 116 valence electrons. The third-order valence-electron chi connectivity index (χ3n) is 3.26. The minimum absolute atomic E-state index is 0.0126. The van der Waals surface area contributed by atoms with Gasteiger partial charge in [0.15, 0.2) is 0 Å². The summed E-state index contributed by atoms with van der Waals surface area (Å²) in [5.41, 5.74) is 0. The van der Waals surface area contributed by atoms with Gasteiger partial charge >= 0.3 is 12.0 Å². The summed E-state index contributed by atoms with van der Waals surface area (Å²) in [4.78, 5) is 26.0. The topological polar surface area (TPSA) is 79.3 Å². The van der Waals surface area contributed by atoms with E-state index in [0.717, 1.165) is 0 Å². The summed E-state index contributed by atoms with van der Waals surface area (Å²) in [5.74, 6) is -0.959. The van der Waals surface area contributed by atoms with Crippen LogP contribution in [0.25, 0.3) is 0 Å². The van der Waals surface area contributed by atoms with Crippen LogP contribution < -0.4 is 0 Å². The van der Waals surface area contributed by atoms with Crippen molar-refractivity contribution in [2.75, 3.05) is 46.5 Å². The average Bonchev–Trinajstić information content (AvgIpc) is 2.45. The van der Waals surface area contributed by atoms with Crippen molar-refractivity contribution in [2.45, 2.75) is 25.9 Å². The molecule has 1 fully saturated rings. The number of rotatable bonds is 7. The molecule has 1 rings (SSSR count). The fourth-order valence-electron chi connectivity index (χ4n) is 2.09. The van der Waals surface area contributed by atoms with Crippen molar-refractivity contribution in [1.82, 2.24) is 9.80 Å². The number of aliphatic carboxylic acids is 1. The Bertz CT molecular complexity index is 316. The second-order valence-electron chi connectivity index (χ2n) is 4.79. The lowest BCUT2D eigenvalue weighted by molar-refractivity contribution is -0.145. The molecule has 0 aromatic carbocycles. The van der Waals surface area contributed by atoms with E-state index in [4.69, 9.17) is 14.6 Å². The van der Waals surface area contributed by atoms with E-state index >= 15 is 0 Å². The highest BCUT2D eigenvalue weighted by Crippen LogP contribution is 2.14. The van der Waals surface area contributed by atoms with Gasteiger partial charge in [-0.1, -0.05) is 0 Å². The Morgan fingerprint density at radius 2 is 2.00 bits per heavy atom. The number of likely N-dealkylation sites (N-methyl/N-ethyl adjacent to an activating group) is 1. The zero-order valence-electron chi connectivity index (χ0n) is 12.2. The predicted octanol–water partition coefficient (Wildman–Crippen LogP) is 0.640. The van der Waals surface area contributed by atoms with Gasteiger partial charge in [-0.2, -0.15) is 0 Å². The Morgan fingerprint density at radius 1 is 1.35 bits per heavy atom. The molecule has 1 heterocycles. The van der Waals surface area contributed by atoms with Gasteiger partial charge in [-0.25, -0.2) is 9.59 Å². The van der Waals surface area contributed by atoms with Crippen LogP contribution in [0.4, 0.5) is 4.79 Å². The van der Waals surface area contributed by atoms with Crippen molar-refractivity contribution in [2.24, 2.45) is 0 Å². The first kappa shape index (κ1) is 16.7. The molecule has 0 aliphatic carbocycles. The molecule has 1 aliphatic rings. The Morgan fingerprint density at radius 3 is 2.55 bits per heavy atom. The summed E-state index contributed by atoms with van der Waals surface area (Å²) >= 11 is 0. The van der Waals surface area contributed by atoms with E-state index in [0.29, 0.717) is 45.7 Å². The number of hydrogen-bond acceptors (Lipinski definition) is 4. The molecule has 0 saturated carbocycles. The third kappa shape index (κ3) is 5.75. The van der Waals surface area contributed by atoms with E-state index in [2.05, 4.69) is 0 Å². The first-order valence-electron chi connectivity index (χ1n) is 6.95. The second kappa shape index (κ2) is 8.76. The van der Waals surface area contributed by atoms with Crippen LogP contribution in [0.5, 0.6) is 0 Å². The lowest BCUT2D eigenvalue weighted by Gasteiger charge is -2.34. The number of carbonyl (C=O) groups is 2. The van der Waals surface area contributed by atoms with Crippen LogP contribution in [-0.4, -0.2) is 79.5 Å². The van der Waals surface area contributed by atoms with Crippen molar-refractivity contribution in [3.8, 4) is 0 Å². The zero-order valence-corrected chi connectivity index (χ0v) is 12.2. The number of carboxylic acids is 1. The fraction of sp³-hybridized carbons (Fsp3) is 0.846. The van der Waals surface area contributed by atoms with E-state index in [-0.39, 0.29) is 18.7 Å². The van der Waals surface area contributed by atoms with E-state index in [1.54, 1.807) is 16.8 Å². The fourth-order valence-corrected chi connectivity index (χ4v) is 2.09. The number of amides is 2. The number of ether oxygens (including phenoxy) is 2. The molecule has 0 radical (unpaired) electrons. The van der Waals surface area contributed by atoms with Crippen LogP contribution in [0.1, 0.15) is 19.8 Å². The number of likely N-dealkylation sites (tertiary alicyclic amines) is 1. The predicted molar refractivity (Wildman–Crippen MR) is 72.7 cm³/mol. The molecule has 20 heavy (non-hydrogen) atoms. The highest BCUT2D eigenvalue weighted by atomic mass is 16.5. The lowest BCUT2D eigenvalue weighted by Crippen LogP contribution is -2.47. The van der Waals surface area contributed by atoms with Gasteiger partial charge in [0.2, 0.25) is 0 Å². The Labute approximate surface area is 119 Å². The Kier molecular flexibility index (Phi) is 7.32. The molecule has 1 N–H and O–H groups in total. The minimum Gasteiger partial charge on any atom is -0.480 e. The van der Waals surface area contributed by atoms with Gasteiger partial charge in [-0.15, -0.1) is 0 Å². The Hall–Kier alpha value is -1.34. The standard InChI is InChI=1S/C13H24N2O5/c1-3-19-9-8-14(2)13(18)15-6-4-11(5-7-15)20-10-12(16)17/h11H,3-10H2,1-2H3,(H,16,17). The van der Waals surface area contributed by atoms with Crippen molar-refractivity contribution >= 4 is 12.0 Å². The first-order chi connectivity index (χ1) is 9.54. The van der Waals surface area contributed by atoms with Gasteiger partial charge in [0.25, 0.3) is 0 Å². The molecule has 0 unspecified atom stereocenters. The van der Waals surface area contributed by atoms with Gasteiger partial charge < -0.3 is 24.4 Å². The molecule has 2 amide bonds. The maximum Gasteiger partial charge on any atom is 0.329 e. The quantitative estimate of drug-likeness (QED) is 0.695. The molecule has 0 aromatic rings. The van der Waals surface area contributed by atoms with Crippen LogP contribution in [0.3, 0.4) is 0 Å². The minimum atomic E-state index is -0.959. The molecule has 0 aromatic heterocycles. The molecule has 1 saturated heterocycles. The van der Waals surface area contributed by atoms with Crippen molar-refractivity contribution < 1.29 is 24.2 Å². The lowest BCUT2D eigenvalue weighted by atomic mass is 10.1. The maximum atomic E-state index is 12.1. The Balaban J connectivity index is 2.26. The number of carbonyl (C=O) groups excluding carboxylic acids is 1. The number of carboxylic acid groups (broad SMARTS) is 1. The first-order valence-corrected chi connectivity index (χ1v) is 6.95. The van der Waals surface area contributed by atoms with Crippen LogP contribution >= 0.6 is 0 Å². The molecular formula is C13H24N2O5. The van der Waals surface area contributed by atoms with E-state index in [1.807, 2.05) is 6.92 Å².